The molecular weight excluding hydrogens is 396 g/mol. The lowest BCUT2D eigenvalue weighted by Crippen LogP contribution is -2.30. The number of fused-ring (bicyclic) bond motifs is 1. The molecule has 3 rings (SSSR count). The van der Waals surface area contributed by atoms with Crippen LogP contribution in [0.15, 0.2) is 10.6 Å². The molecule has 0 aliphatic heterocycles. The number of esters is 2. The van der Waals surface area contributed by atoms with Crippen LogP contribution in [0, 0.1) is 12.8 Å². The Balaban J connectivity index is 1.76. The summed E-state index contributed by atoms with van der Waals surface area (Å²) in [4.78, 5) is 38.3. The number of ether oxygens (including phenoxy) is 2. The summed E-state index contributed by atoms with van der Waals surface area (Å²) >= 11 is 1.38. The van der Waals surface area contributed by atoms with Gasteiger partial charge in [0.15, 0.2) is 6.10 Å². The molecule has 9 heteroatoms. The van der Waals surface area contributed by atoms with Crippen LogP contribution in [0.3, 0.4) is 0 Å². The molecular formula is C20H24N2O6S. The highest BCUT2D eigenvalue weighted by Crippen LogP contribution is 2.40. The number of nitrogens with one attached hydrogen (secondary N) is 1. The van der Waals surface area contributed by atoms with Crippen LogP contribution < -0.4 is 5.32 Å². The number of carbonyl (C=O) groups excluding carboxylic acids is 3. The van der Waals surface area contributed by atoms with Gasteiger partial charge < -0.3 is 19.3 Å². The standard InChI is InChI=1S/C20H24N2O6S/c1-5-26-20(25)16-13-7-6-10(2)8-15(13)29-18(16)21-17(23)12(4)27-19(24)14-9-11(3)22-28-14/h9-10,12H,5-8H2,1-4H3,(H,21,23)/t10-,12-/m0/s1. The summed E-state index contributed by atoms with van der Waals surface area (Å²) in [5, 5.41) is 6.80. The Morgan fingerprint density at radius 1 is 1.38 bits per heavy atom. The van der Waals surface area contributed by atoms with Crippen molar-refractivity contribution in [2.75, 3.05) is 11.9 Å². The van der Waals surface area contributed by atoms with Crippen molar-refractivity contribution in [1.29, 1.82) is 0 Å². The zero-order valence-electron chi connectivity index (χ0n) is 16.9. The van der Waals surface area contributed by atoms with E-state index in [0.29, 0.717) is 22.2 Å². The summed E-state index contributed by atoms with van der Waals surface area (Å²) in [6, 6.07) is 1.43. The van der Waals surface area contributed by atoms with Crippen LogP contribution in [-0.2, 0) is 27.1 Å². The third-order valence-corrected chi connectivity index (χ3v) is 5.88. The van der Waals surface area contributed by atoms with Crippen molar-refractivity contribution in [3.63, 3.8) is 0 Å². The number of hydrogen-bond acceptors (Lipinski definition) is 8. The van der Waals surface area contributed by atoms with E-state index in [0.717, 1.165) is 29.7 Å². The van der Waals surface area contributed by atoms with E-state index in [2.05, 4.69) is 17.4 Å². The van der Waals surface area contributed by atoms with Gasteiger partial charge in [-0.05, 0) is 51.5 Å². The van der Waals surface area contributed by atoms with Crippen LogP contribution in [0.5, 0.6) is 0 Å². The van der Waals surface area contributed by atoms with Crippen molar-refractivity contribution in [1.82, 2.24) is 5.16 Å². The fourth-order valence-corrected chi connectivity index (χ4v) is 4.61. The monoisotopic (exact) mass is 420 g/mol. The molecule has 2 aromatic rings. The molecule has 0 unspecified atom stereocenters. The first-order valence-electron chi connectivity index (χ1n) is 9.56. The van der Waals surface area contributed by atoms with Crippen molar-refractivity contribution in [2.45, 2.75) is 53.1 Å². The largest absolute Gasteiger partial charge is 0.462 e. The lowest BCUT2D eigenvalue weighted by atomic mass is 9.88. The van der Waals surface area contributed by atoms with Crippen molar-refractivity contribution in [3.8, 4) is 0 Å². The Labute approximate surface area is 172 Å². The summed E-state index contributed by atoms with van der Waals surface area (Å²) < 4.78 is 15.2. The Morgan fingerprint density at radius 2 is 2.14 bits per heavy atom. The first kappa shape index (κ1) is 21.0. The van der Waals surface area contributed by atoms with Gasteiger partial charge in [0, 0.05) is 10.9 Å². The Bertz CT molecular complexity index is 932. The van der Waals surface area contributed by atoms with Gasteiger partial charge in [-0.2, -0.15) is 0 Å². The predicted molar refractivity (Wildman–Crippen MR) is 106 cm³/mol. The van der Waals surface area contributed by atoms with Gasteiger partial charge in [0.05, 0.1) is 17.9 Å². The predicted octanol–water partition coefficient (Wildman–Crippen LogP) is 3.53. The molecule has 29 heavy (non-hydrogen) atoms. The van der Waals surface area contributed by atoms with Crippen LogP contribution in [0.1, 0.15) is 64.2 Å². The summed E-state index contributed by atoms with van der Waals surface area (Å²) in [5.74, 6) is -1.32. The average molecular weight is 420 g/mol. The van der Waals surface area contributed by atoms with Gasteiger partial charge in [-0.25, -0.2) is 9.59 Å². The summed E-state index contributed by atoms with van der Waals surface area (Å²) in [7, 11) is 0. The van der Waals surface area contributed by atoms with Gasteiger partial charge in [-0.3, -0.25) is 4.79 Å². The lowest BCUT2D eigenvalue weighted by Gasteiger charge is -2.18. The molecule has 0 bridgehead atoms. The number of aryl methyl sites for hydroxylation is 1. The highest BCUT2D eigenvalue weighted by atomic mass is 32.1. The zero-order valence-corrected chi connectivity index (χ0v) is 17.7. The number of thiophene rings is 1. The molecule has 1 N–H and O–H groups in total. The molecule has 1 aliphatic carbocycles. The molecule has 0 radical (unpaired) electrons. The fraction of sp³-hybridized carbons (Fsp3) is 0.500. The van der Waals surface area contributed by atoms with E-state index in [9.17, 15) is 14.4 Å². The molecule has 2 atom stereocenters. The Morgan fingerprint density at radius 3 is 2.79 bits per heavy atom. The molecule has 1 aliphatic rings. The number of nitrogens with zero attached hydrogens (tertiary/aromatic N) is 1. The van der Waals surface area contributed by atoms with E-state index in [1.807, 2.05) is 0 Å². The van der Waals surface area contributed by atoms with Crippen LogP contribution in [0.2, 0.25) is 0 Å². The van der Waals surface area contributed by atoms with E-state index >= 15 is 0 Å². The van der Waals surface area contributed by atoms with Gasteiger partial charge in [0.2, 0.25) is 5.76 Å². The maximum atomic E-state index is 12.6. The van der Waals surface area contributed by atoms with E-state index in [-0.39, 0.29) is 12.4 Å². The summed E-state index contributed by atoms with van der Waals surface area (Å²) in [6.45, 7) is 7.28. The topological polar surface area (TPSA) is 108 Å². The molecule has 0 aromatic carbocycles. The molecule has 2 aromatic heterocycles. The van der Waals surface area contributed by atoms with Crippen LogP contribution >= 0.6 is 11.3 Å². The SMILES string of the molecule is CCOC(=O)c1c(NC(=O)[C@H](C)OC(=O)c2cc(C)no2)sc2c1CC[C@H](C)C2. The van der Waals surface area contributed by atoms with Crippen molar-refractivity contribution < 1.29 is 28.4 Å². The highest BCUT2D eigenvalue weighted by molar-refractivity contribution is 7.17. The fourth-order valence-electron chi connectivity index (χ4n) is 3.20. The smallest absolute Gasteiger partial charge is 0.377 e. The minimum atomic E-state index is -1.08. The van der Waals surface area contributed by atoms with Crippen molar-refractivity contribution in [2.24, 2.45) is 5.92 Å². The lowest BCUT2D eigenvalue weighted by molar-refractivity contribution is -0.123. The number of rotatable bonds is 6. The van der Waals surface area contributed by atoms with Crippen LogP contribution in [0.4, 0.5) is 5.00 Å². The molecule has 0 saturated heterocycles. The van der Waals surface area contributed by atoms with Gasteiger partial charge in [-0.15, -0.1) is 11.3 Å². The maximum absolute atomic E-state index is 12.6. The molecule has 0 spiro atoms. The summed E-state index contributed by atoms with van der Waals surface area (Å²) in [5.41, 5.74) is 1.90. The minimum Gasteiger partial charge on any atom is -0.462 e. The molecule has 156 valence electrons. The molecule has 0 fully saturated rings. The average Bonchev–Trinajstić information content (AvgIpc) is 3.24. The quantitative estimate of drug-likeness (QED) is 0.712. The second-order valence-corrected chi connectivity index (χ2v) is 8.25. The Hall–Kier alpha value is -2.68. The van der Waals surface area contributed by atoms with E-state index in [1.54, 1.807) is 13.8 Å². The zero-order chi connectivity index (χ0) is 21.1. The Kier molecular flexibility index (Phi) is 6.36. The van der Waals surface area contributed by atoms with Gasteiger partial charge in [0.1, 0.15) is 5.00 Å². The van der Waals surface area contributed by atoms with E-state index in [4.69, 9.17) is 14.0 Å². The van der Waals surface area contributed by atoms with Gasteiger partial charge in [0.25, 0.3) is 5.91 Å². The number of carbonyl (C=O) groups is 3. The second kappa shape index (κ2) is 8.77. The molecule has 0 saturated carbocycles. The number of aromatic nitrogens is 1. The highest BCUT2D eigenvalue weighted by Gasteiger charge is 2.30. The minimum absolute atomic E-state index is 0.0741. The normalized spacial score (nSPS) is 16.6. The van der Waals surface area contributed by atoms with E-state index < -0.39 is 23.9 Å². The maximum Gasteiger partial charge on any atom is 0.377 e. The van der Waals surface area contributed by atoms with E-state index in [1.165, 1.54) is 24.3 Å². The van der Waals surface area contributed by atoms with Gasteiger partial charge >= 0.3 is 11.9 Å². The number of amides is 1. The van der Waals surface area contributed by atoms with Crippen molar-refractivity contribution in [3.05, 3.63) is 33.5 Å². The summed E-state index contributed by atoms with van der Waals surface area (Å²) in [6.07, 6.45) is 1.53. The third-order valence-electron chi connectivity index (χ3n) is 4.71. The number of anilines is 1. The molecule has 8 nitrogen and oxygen atoms in total. The molecule has 1 amide bonds. The van der Waals surface area contributed by atoms with Gasteiger partial charge in [-0.1, -0.05) is 12.1 Å². The first-order valence-corrected chi connectivity index (χ1v) is 10.4. The second-order valence-electron chi connectivity index (χ2n) is 7.15. The van der Waals surface area contributed by atoms with Crippen LogP contribution in [-0.4, -0.2) is 35.7 Å². The molecule has 2 heterocycles. The third kappa shape index (κ3) is 4.67. The van der Waals surface area contributed by atoms with Crippen LogP contribution in [0.25, 0.3) is 0 Å². The first-order chi connectivity index (χ1) is 13.8. The van der Waals surface area contributed by atoms with Crippen molar-refractivity contribution >= 4 is 34.2 Å². The number of hydrogen-bond donors (Lipinski definition) is 1.